The number of nitrogens with zero attached hydrogens (tertiary/aromatic N) is 1. The molecule has 2 aromatic carbocycles. The molecule has 0 aliphatic heterocycles. The molecule has 2 aromatic rings. The maximum atomic E-state index is 13.0. The van der Waals surface area contributed by atoms with Crippen molar-refractivity contribution >= 4 is 29.8 Å². The molecule has 8 heteroatoms. The first-order chi connectivity index (χ1) is 14.7. The number of amides is 3. The number of hydrogen-bond acceptors (Lipinski definition) is 5. The van der Waals surface area contributed by atoms with Gasteiger partial charge in [-0.15, -0.1) is 0 Å². The molecule has 0 fully saturated rings. The number of hydrogen-bond donors (Lipinski definition) is 3. The van der Waals surface area contributed by atoms with Crippen LogP contribution in [0.25, 0.3) is 0 Å². The largest absolute Gasteiger partial charge is 0.445 e. The third-order valence-corrected chi connectivity index (χ3v) is 4.92. The quantitative estimate of drug-likeness (QED) is 0.536. The first-order valence-corrected chi connectivity index (χ1v) is 9.90. The zero-order valence-electron chi connectivity index (χ0n) is 17.9. The summed E-state index contributed by atoms with van der Waals surface area (Å²) in [4.78, 5) is 41.3. The number of carbonyl (C=O) groups excluding carboxylic acids is 3. The van der Waals surface area contributed by atoms with Crippen LogP contribution >= 0.6 is 0 Å². The van der Waals surface area contributed by atoms with Crippen LogP contribution in [0.5, 0.6) is 0 Å². The lowest BCUT2D eigenvalue weighted by atomic mass is 9.87. The first-order valence-electron chi connectivity index (χ1n) is 9.90. The summed E-state index contributed by atoms with van der Waals surface area (Å²) in [5.74, 6) is -1.66. The van der Waals surface area contributed by atoms with Crippen LogP contribution in [0.4, 0.5) is 10.5 Å². The Morgan fingerprint density at radius 2 is 1.65 bits per heavy atom. The van der Waals surface area contributed by atoms with E-state index < -0.39 is 29.5 Å². The highest BCUT2D eigenvalue weighted by atomic mass is 16.5. The molecule has 2 rings (SSSR count). The molecule has 0 aliphatic carbocycles. The fourth-order valence-corrected chi connectivity index (χ4v) is 2.58. The Morgan fingerprint density at radius 3 is 2.19 bits per heavy atom. The van der Waals surface area contributed by atoms with Crippen molar-refractivity contribution in [2.45, 2.75) is 39.0 Å². The fraction of sp³-hybridized carbons (Fsp3) is 0.304. The molecule has 2 atom stereocenters. The van der Waals surface area contributed by atoms with Crippen LogP contribution in [0.3, 0.4) is 0 Å². The summed E-state index contributed by atoms with van der Waals surface area (Å²) in [6.07, 6.45) is 0.521. The predicted molar refractivity (Wildman–Crippen MR) is 119 cm³/mol. The molecule has 1 unspecified atom stereocenters. The van der Waals surface area contributed by atoms with Crippen LogP contribution in [0.15, 0.2) is 65.7 Å². The predicted octanol–water partition coefficient (Wildman–Crippen LogP) is 2.70. The molecule has 3 amide bonds. The van der Waals surface area contributed by atoms with Crippen LogP contribution in [0.1, 0.15) is 26.3 Å². The van der Waals surface area contributed by atoms with Crippen molar-refractivity contribution in [3.63, 3.8) is 0 Å². The minimum Gasteiger partial charge on any atom is -0.445 e. The van der Waals surface area contributed by atoms with E-state index >= 15 is 0 Å². The molecule has 8 nitrogen and oxygen atoms in total. The first kappa shape index (κ1) is 23.6. The molecule has 31 heavy (non-hydrogen) atoms. The standard InChI is InChI=1S/C23H28N4O4/c1-16(2)23(3,27-22(30)31-15-17-10-6-4-7-11-17)21(29)26-19(20(24)28)14-25-18-12-8-5-9-13-18/h4-14,16,19H,15H2,1-3H3,(H2,24,28)(H,26,29)(H,27,30)/t19?,23-/m0/s1. The van der Waals surface area contributed by atoms with Crippen molar-refractivity contribution < 1.29 is 19.1 Å². The van der Waals surface area contributed by atoms with E-state index in [-0.39, 0.29) is 12.5 Å². The zero-order valence-corrected chi connectivity index (χ0v) is 17.9. The smallest absolute Gasteiger partial charge is 0.408 e. The van der Waals surface area contributed by atoms with Gasteiger partial charge >= 0.3 is 6.09 Å². The SMILES string of the molecule is CC(C)[C@](C)(NC(=O)OCc1ccccc1)C(=O)NC(C=Nc1ccccc1)C(N)=O. The van der Waals surface area contributed by atoms with Crippen LogP contribution in [-0.4, -0.2) is 35.7 Å². The van der Waals surface area contributed by atoms with Gasteiger partial charge in [-0.05, 0) is 30.5 Å². The molecule has 4 N–H and O–H groups in total. The Bertz CT molecular complexity index is 916. The van der Waals surface area contributed by atoms with E-state index in [1.54, 1.807) is 45.0 Å². The molecule has 0 spiro atoms. The highest BCUT2D eigenvalue weighted by molar-refractivity contribution is 6.02. The maximum Gasteiger partial charge on any atom is 0.408 e. The number of carbonyl (C=O) groups is 3. The summed E-state index contributed by atoms with van der Waals surface area (Å²) in [7, 11) is 0. The topological polar surface area (TPSA) is 123 Å². The van der Waals surface area contributed by atoms with E-state index in [9.17, 15) is 14.4 Å². The van der Waals surface area contributed by atoms with Crippen molar-refractivity contribution in [2.75, 3.05) is 0 Å². The summed E-state index contributed by atoms with van der Waals surface area (Å²) >= 11 is 0. The molecule has 0 saturated carbocycles. The normalized spacial score (nSPS) is 13.9. The molecule has 0 aromatic heterocycles. The van der Waals surface area contributed by atoms with E-state index in [0.717, 1.165) is 5.56 Å². The lowest BCUT2D eigenvalue weighted by Crippen LogP contribution is -2.63. The van der Waals surface area contributed by atoms with Gasteiger partial charge in [0, 0.05) is 6.21 Å². The summed E-state index contributed by atoms with van der Waals surface area (Å²) in [6.45, 7) is 5.17. The Morgan fingerprint density at radius 1 is 1.06 bits per heavy atom. The minimum atomic E-state index is -1.35. The summed E-state index contributed by atoms with van der Waals surface area (Å²) in [5.41, 5.74) is 5.51. The Hall–Kier alpha value is -3.68. The lowest BCUT2D eigenvalue weighted by Gasteiger charge is -2.33. The van der Waals surface area contributed by atoms with Crippen molar-refractivity contribution in [3.8, 4) is 0 Å². The average molecular weight is 425 g/mol. The third-order valence-electron chi connectivity index (χ3n) is 4.92. The molecule has 0 radical (unpaired) electrons. The van der Waals surface area contributed by atoms with Crippen molar-refractivity contribution in [1.82, 2.24) is 10.6 Å². The molecule has 0 aliphatic rings. The minimum absolute atomic E-state index is 0.0656. The number of para-hydroxylation sites is 1. The van der Waals surface area contributed by atoms with E-state index in [4.69, 9.17) is 10.5 Å². The molecule has 164 valence electrons. The second kappa shape index (κ2) is 10.9. The molecule has 0 saturated heterocycles. The maximum absolute atomic E-state index is 13.0. The van der Waals surface area contributed by atoms with Gasteiger partial charge in [0.2, 0.25) is 11.8 Å². The Balaban J connectivity index is 2.06. The van der Waals surface area contributed by atoms with Crippen LogP contribution < -0.4 is 16.4 Å². The zero-order chi connectivity index (χ0) is 22.9. The van der Waals surface area contributed by atoms with Gasteiger partial charge in [-0.2, -0.15) is 0 Å². The van der Waals surface area contributed by atoms with E-state index in [1.807, 2.05) is 36.4 Å². The van der Waals surface area contributed by atoms with Gasteiger partial charge in [0.25, 0.3) is 0 Å². The number of benzene rings is 2. The number of nitrogens with one attached hydrogen (secondary N) is 2. The monoisotopic (exact) mass is 424 g/mol. The van der Waals surface area contributed by atoms with Gasteiger partial charge in [-0.25, -0.2) is 4.79 Å². The van der Waals surface area contributed by atoms with Gasteiger partial charge in [-0.1, -0.05) is 62.4 Å². The number of primary amides is 1. The number of ether oxygens (including phenoxy) is 1. The number of aliphatic imine (C=N–C) groups is 1. The fourth-order valence-electron chi connectivity index (χ4n) is 2.58. The van der Waals surface area contributed by atoms with E-state index in [0.29, 0.717) is 5.69 Å². The Labute approximate surface area is 181 Å². The number of alkyl carbamates (subject to hydrolysis) is 1. The third kappa shape index (κ3) is 6.95. The van der Waals surface area contributed by atoms with E-state index in [1.165, 1.54) is 6.21 Å². The summed E-state index contributed by atoms with van der Waals surface area (Å²) in [5, 5.41) is 5.17. The highest BCUT2D eigenvalue weighted by Crippen LogP contribution is 2.18. The van der Waals surface area contributed by atoms with Gasteiger partial charge in [-0.3, -0.25) is 14.6 Å². The lowest BCUT2D eigenvalue weighted by molar-refractivity contribution is -0.131. The van der Waals surface area contributed by atoms with Gasteiger partial charge in [0.05, 0.1) is 5.69 Å². The van der Waals surface area contributed by atoms with Crippen molar-refractivity contribution in [3.05, 3.63) is 66.2 Å². The second-order valence-electron chi connectivity index (χ2n) is 7.51. The summed E-state index contributed by atoms with van der Waals surface area (Å²) < 4.78 is 5.23. The van der Waals surface area contributed by atoms with Crippen LogP contribution in [-0.2, 0) is 20.9 Å². The molecule has 0 bridgehead atoms. The highest BCUT2D eigenvalue weighted by Gasteiger charge is 2.40. The molecular weight excluding hydrogens is 396 g/mol. The van der Waals surface area contributed by atoms with Gasteiger partial charge in [0.1, 0.15) is 18.2 Å². The summed E-state index contributed by atoms with van der Waals surface area (Å²) in [6, 6.07) is 17.0. The molecule has 0 heterocycles. The van der Waals surface area contributed by atoms with Crippen LogP contribution in [0.2, 0.25) is 0 Å². The van der Waals surface area contributed by atoms with E-state index in [2.05, 4.69) is 15.6 Å². The number of nitrogens with two attached hydrogens (primary N) is 1. The van der Waals surface area contributed by atoms with Gasteiger partial charge < -0.3 is 21.1 Å². The second-order valence-corrected chi connectivity index (χ2v) is 7.51. The average Bonchev–Trinajstić information content (AvgIpc) is 2.76. The van der Waals surface area contributed by atoms with Crippen LogP contribution in [0, 0.1) is 5.92 Å². The number of rotatable bonds is 9. The molecular formula is C23H28N4O4. The van der Waals surface area contributed by atoms with Gasteiger partial charge in [0.15, 0.2) is 0 Å². The van der Waals surface area contributed by atoms with Crippen molar-refractivity contribution in [2.24, 2.45) is 16.6 Å². The Kier molecular flexibility index (Phi) is 8.31. The van der Waals surface area contributed by atoms with Crippen molar-refractivity contribution in [1.29, 1.82) is 0 Å².